The molecule has 1 aliphatic heterocycles. The lowest BCUT2D eigenvalue weighted by molar-refractivity contribution is -0.143. The predicted molar refractivity (Wildman–Crippen MR) is 60.5 cm³/mol. The van der Waals surface area contributed by atoms with Crippen LogP contribution in [0.3, 0.4) is 0 Å². The smallest absolute Gasteiger partial charge is 0.326 e. The van der Waals surface area contributed by atoms with Gasteiger partial charge in [-0.15, -0.1) is 0 Å². The van der Waals surface area contributed by atoms with Crippen LogP contribution in [0, 0.1) is 5.92 Å². The summed E-state index contributed by atoms with van der Waals surface area (Å²) in [4.78, 5) is 24.9. The van der Waals surface area contributed by atoms with Crippen molar-refractivity contribution in [1.29, 1.82) is 0 Å². The van der Waals surface area contributed by atoms with Crippen molar-refractivity contribution >= 4 is 11.9 Å². The second-order valence-corrected chi connectivity index (χ2v) is 4.71. The molecule has 0 aromatic heterocycles. The largest absolute Gasteiger partial charge is 0.480 e. The predicted octanol–water partition coefficient (Wildman–Crippen LogP) is 1.51. The molecule has 1 saturated carbocycles. The SMILES string of the molecule is O=C(O)C(C1CC1)N1Cc2ccccc2C1=O. The van der Waals surface area contributed by atoms with E-state index in [4.69, 9.17) is 0 Å². The monoisotopic (exact) mass is 231 g/mol. The van der Waals surface area contributed by atoms with Crippen molar-refractivity contribution in [2.75, 3.05) is 0 Å². The first-order chi connectivity index (χ1) is 8.18. The van der Waals surface area contributed by atoms with Crippen molar-refractivity contribution in [2.45, 2.75) is 25.4 Å². The lowest BCUT2D eigenvalue weighted by Gasteiger charge is -2.23. The van der Waals surface area contributed by atoms with Crippen LogP contribution in [0.25, 0.3) is 0 Å². The lowest BCUT2D eigenvalue weighted by atomic mass is 10.1. The van der Waals surface area contributed by atoms with E-state index >= 15 is 0 Å². The highest BCUT2D eigenvalue weighted by atomic mass is 16.4. The van der Waals surface area contributed by atoms with E-state index in [1.807, 2.05) is 18.2 Å². The fourth-order valence-corrected chi connectivity index (χ4v) is 2.50. The number of fused-ring (bicyclic) bond motifs is 1. The Labute approximate surface area is 98.9 Å². The Morgan fingerprint density at radius 1 is 1.35 bits per heavy atom. The zero-order valence-corrected chi connectivity index (χ0v) is 9.30. The number of nitrogens with zero attached hydrogens (tertiary/aromatic N) is 1. The van der Waals surface area contributed by atoms with Crippen LogP contribution in [0.4, 0.5) is 0 Å². The molecule has 3 rings (SSSR count). The summed E-state index contributed by atoms with van der Waals surface area (Å²) in [6, 6.07) is 6.70. The van der Waals surface area contributed by atoms with E-state index < -0.39 is 12.0 Å². The van der Waals surface area contributed by atoms with Gasteiger partial charge in [-0.05, 0) is 30.4 Å². The van der Waals surface area contributed by atoms with E-state index in [0.29, 0.717) is 12.1 Å². The third kappa shape index (κ3) is 1.60. The fourth-order valence-electron chi connectivity index (χ4n) is 2.50. The Morgan fingerprint density at radius 3 is 2.65 bits per heavy atom. The van der Waals surface area contributed by atoms with Gasteiger partial charge in [0.15, 0.2) is 0 Å². The Balaban J connectivity index is 1.92. The third-order valence-corrected chi connectivity index (χ3v) is 3.51. The molecular weight excluding hydrogens is 218 g/mol. The molecule has 4 nitrogen and oxygen atoms in total. The Morgan fingerprint density at radius 2 is 2.06 bits per heavy atom. The number of hydrogen-bond donors (Lipinski definition) is 1. The van der Waals surface area contributed by atoms with Crippen LogP contribution < -0.4 is 0 Å². The summed E-state index contributed by atoms with van der Waals surface area (Å²) in [5.74, 6) is -0.876. The zero-order valence-electron chi connectivity index (χ0n) is 9.30. The third-order valence-electron chi connectivity index (χ3n) is 3.51. The molecule has 0 spiro atoms. The molecular formula is C13H13NO3. The maximum absolute atomic E-state index is 12.1. The van der Waals surface area contributed by atoms with Gasteiger partial charge >= 0.3 is 5.97 Å². The number of carboxylic acids is 1. The first-order valence-electron chi connectivity index (χ1n) is 5.80. The first-order valence-corrected chi connectivity index (χ1v) is 5.80. The Bertz CT molecular complexity index is 493. The van der Waals surface area contributed by atoms with Crippen molar-refractivity contribution < 1.29 is 14.7 Å². The summed E-state index contributed by atoms with van der Waals surface area (Å²) in [7, 11) is 0. The van der Waals surface area contributed by atoms with Crippen LogP contribution in [0.1, 0.15) is 28.8 Å². The lowest BCUT2D eigenvalue weighted by Crippen LogP contribution is -2.42. The molecule has 1 aliphatic carbocycles. The number of carbonyl (C=O) groups excluding carboxylic acids is 1. The summed E-state index contributed by atoms with van der Waals surface area (Å²) >= 11 is 0. The highest BCUT2D eigenvalue weighted by Crippen LogP contribution is 2.38. The molecule has 1 atom stereocenters. The second kappa shape index (κ2) is 3.58. The molecule has 1 fully saturated rings. The van der Waals surface area contributed by atoms with Gasteiger partial charge < -0.3 is 10.0 Å². The van der Waals surface area contributed by atoms with E-state index in [1.165, 1.54) is 4.90 Å². The van der Waals surface area contributed by atoms with Crippen molar-refractivity contribution in [2.24, 2.45) is 5.92 Å². The Kier molecular flexibility index (Phi) is 2.18. The molecule has 1 aromatic rings. The summed E-state index contributed by atoms with van der Waals surface area (Å²) in [6.07, 6.45) is 1.83. The van der Waals surface area contributed by atoms with Gasteiger partial charge in [0.1, 0.15) is 6.04 Å². The summed E-state index contributed by atoms with van der Waals surface area (Å²) < 4.78 is 0. The van der Waals surface area contributed by atoms with Crippen LogP contribution >= 0.6 is 0 Å². The molecule has 1 N–H and O–H groups in total. The van der Waals surface area contributed by atoms with Crippen molar-refractivity contribution in [3.63, 3.8) is 0 Å². The molecule has 2 aliphatic rings. The zero-order chi connectivity index (χ0) is 12.0. The minimum absolute atomic E-state index is 0.139. The number of amides is 1. The molecule has 4 heteroatoms. The molecule has 88 valence electrons. The summed E-state index contributed by atoms with van der Waals surface area (Å²) in [6.45, 7) is 0.433. The molecule has 17 heavy (non-hydrogen) atoms. The van der Waals surface area contributed by atoms with Crippen molar-refractivity contribution in [3.05, 3.63) is 35.4 Å². The van der Waals surface area contributed by atoms with Crippen LogP contribution in [-0.2, 0) is 11.3 Å². The molecule has 0 saturated heterocycles. The highest BCUT2D eigenvalue weighted by molar-refractivity contribution is 6.00. The van der Waals surface area contributed by atoms with Crippen molar-refractivity contribution in [1.82, 2.24) is 4.90 Å². The molecule has 0 bridgehead atoms. The minimum Gasteiger partial charge on any atom is -0.480 e. The van der Waals surface area contributed by atoms with Crippen LogP contribution in [-0.4, -0.2) is 27.9 Å². The van der Waals surface area contributed by atoms with Gasteiger partial charge in [-0.3, -0.25) is 4.79 Å². The molecule has 1 amide bonds. The van der Waals surface area contributed by atoms with Crippen LogP contribution in [0.15, 0.2) is 24.3 Å². The molecule has 1 unspecified atom stereocenters. The average Bonchev–Trinajstić information content (AvgIpc) is 3.07. The normalized spacial score (nSPS) is 20.2. The number of hydrogen-bond acceptors (Lipinski definition) is 2. The summed E-state index contributed by atoms with van der Waals surface area (Å²) in [5.41, 5.74) is 1.59. The van der Waals surface area contributed by atoms with Gasteiger partial charge in [-0.1, -0.05) is 18.2 Å². The van der Waals surface area contributed by atoms with Gasteiger partial charge in [-0.2, -0.15) is 0 Å². The number of rotatable bonds is 3. The highest BCUT2D eigenvalue weighted by Gasteiger charge is 2.44. The fraction of sp³-hybridized carbons (Fsp3) is 0.385. The van der Waals surface area contributed by atoms with Crippen LogP contribution in [0.5, 0.6) is 0 Å². The second-order valence-electron chi connectivity index (χ2n) is 4.71. The molecule has 1 heterocycles. The van der Waals surface area contributed by atoms with E-state index in [2.05, 4.69) is 0 Å². The van der Waals surface area contributed by atoms with E-state index in [9.17, 15) is 14.7 Å². The summed E-state index contributed by atoms with van der Waals surface area (Å²) in [5, 5.41) is 9.25. The van der Waals surface area contributed by atoms with Gasteiger partial charge in [-0.25, -0.2) is 4.79 Å². The standard InChI is InChI=1S/C13H13NO3/c15-12-10-4-2-1-3-9(10)7-14(12)11(13(16)17)8-5-6-8/h1-4,8,11H,5-7H2,(H,16,17). The van der Waals surface area contributed by atoms with Gasteiger partial charge in [0, 0.05) is 12.1 Å². The number of aliphatic carboxylic acids is 1. The average molecular weight is 231 g/mol. The van der Waals surface area contributed by atoms with Gasteiger partial charge in [0.25, 0.3) is 5.91 Å². The molecule has 0 radical (unpaired) electrons. The maximum Gasteiger partial charge on any atom is 0.326 e. The first kappa shape index (κ1) is 10.3. The van der Waals surface area contributed by atoms with E-state index in [-0.39, 0.29) is 11.8 Å². The maximum atomic E-state index is 12.1. The number of carbonyl (C=O) groups is 2. The van der Waals surface area contributed by atoms with Crippen LogP contribution in [0.2, 0.25) is 0 Å². The van der Waals surface area contributed by atoms with Gasteiger partial charge in [0.2, 0.25) is 0 Å². The van der Waals surface area contributed by atoms with Crippen molar-refractivity contribution in [3.8, 4) is 0 Å². The Hall–Kier alpha value is -1.84. The van der Waals surface area contributed by atoms with E-state index in [1.54, 1.807) is 6.07 Å². The molecule has 1 aromatic carbocycles. The minimum atomic E-state index is -0.881. The topological polar surface area (TPSA) is 57.6 Å². The van der Waals surface area contributed by atoms with E-state index in [0.717, 1.165) is 18.4 Å². The quantitative estimate of drug-likeness (QED) is 0.857. The number of carboxylic acid groups (broad SMARTS) is 1. The number of benzene rings is 1. The van der Waals surface area contributed by atoms with Gasteiger partial charge in [0.05, 0.1) is 0 Å².